The number of nitrogens with one attached hydrogen (secondary N) is 3. The molecule has 0 aliphatic heterocycles. The van der Waals surface area contributed by atoms with Crippen LogP contribution in [0.1, 0.15) is 37.9 Å². The van der Waals surface area contributed by atoms with Crippen molar-refractivity contribution in [3.63, 3.8) is 0 Å². The number of hydrogen-bond acceptors (Lipinski definition) is 4. The van der Waals surface area contributed by atoms with Crippen molar-refractivity contribution in [2.75, 3.05) is 10.6 Å². The number of nitrogens with zero attached hydrogens (tertiary/aromatic N) is 3. The average Bonchev–Trinajstić information content (AvgIpc) is 3.65. The summed E-state index contributed by atoms with van der Waals surface area (Å²) in [7, 11) is 1.78. The molecule has 8 nitrogen and oxygen atoms in total. The van der Waals surface area contributed by atoms with Crippen LogP contribution in [0.2, 0.25) is 0 Å². The van der Waals surface area contributed by atoms with Crippen LogP contribution >= 0.6 is 0 Å². The Hall–Kier alpha value is -4.41. The summed E-state index contributed by atoms with van der Waals surface area (Å²) in [4.78, 5) is 30.2. The van der Waals surface area contributed by atoms with Crippen molar-refractivity contribution >= 4 is 34.3 Å². The highest BCUT2D eigenvalue weighted by Gasteiger charge is 2.36. The molecule has 0 saturated heterocycles. The average molecular weight is 537 g/mol. The van der Waals surface area contributed by atoms with Crippen LogP contribution in [-0.2, 0) is 17.3 Å². The first kappa shape index (κ1) is 26.2. The Morgan fingerprint density at radius 3 is 2.38 bits per heavy atom. The van der Waals surface area contributed by atoms with Crippen LogP contribution in [0.5, 0.6) is 0 Å². The monoisotopic (exact) mass is 536 g/mol. The minimum absolute atomic E-state index is 0.0943. The van der Waals surface area contributed by atoms with Gasteiger partial charge < -0.3 is 16.0 Å². The second-order valence-corrected chi connectivity index (χ2v) is 10.2. The van der Waals surface area contributed by atoms with Crippen LogP contribution in [0.15, 0.2) is 42.6 Å². The molecule has 0 bridgehead atoms. The number of fused-ring (bicyclic) bond motifs is 1. The molecule has 1 fully saturated rings. The van der Waals surface area contributed by atoms with Crippen LogP contribution in [0, 0.1) is 24.4 Å². The summed E-state index contributed by atoms with van der Waals surface area (Å²) in [6, 6.07) is 8.71. The molecule has 2 aromatic heterocycles. The highest BCUT2D eigenvalue weighted by atomic mass is 19.2. The summed E-state index contributed by atoms with van der Waals surface area (Å²) in [6.45, 7) is 4.75. The van der Waals surface area contributed by atoms with Crippen LogP contribution in [0.25, 0.3) is 22.2 Å². The Labute approximate surface area is 222 Å². The number of amides is 3. The molecule has 11 heteroatoms. The van der Waals surface area contributed by atoms with Gasteiger partial charge in [0.15, 0.2) is 23.1 Å². The molecular formula is C28H27F3N6O2. The summed E-state index contributed by atoms with van der Waals surface area (Å²) in [5, 5.41) is 12.9. The molecule has 0 radical (unpaired) electrons. The van der Waals surface area contributed by atoms with Gasteiger partial charge in [0.1, 0.15) is 0 Å². The van der Waals surface area contributed by atoms with Crippen LogP contribution < -0.4 is 16.0 Å². The molecule has 1 aliphatic rings. The predicted molar refractivity (Wildman–Crippen MR) is 142 cm³/mol. The van der Waals surface area contributed by atoms with E-state index in [2.05, 4.69) is 21.0 Å². The molecule has 2 heterocycles. The lowest BCUT2D eigenvalue weighted by Crippen LogP contribution is -2.41. The molecule has 202 valence electrons. The second-order valence-electron chi connectivity index (χ2n) is 10.2. The van der Waals surface area contributed by atoms with E-state index in [-0.39, 0.29) is 11.9 Å². The summed E-state index contributed by atoms with van der Waals surface area (Å²) < 4.78 is 43.1. The summed E-state index contributed by atoms with van der Waals surface area (Å²) in [5.74, 6) is -3.71. The Morgan fingerprint density at radius 2 is 1.72 bits per heavy atom. The molecule has 5 rings (SSSR count). The van der Waals surface area contributed by atoms with E-state index >= 15 is 0 Å². The van der Waals surface area contributed by atoms with Gasteiger partial charge in [-0.1, -0.05) is 12.1 Å². The molecular weight excluding hydrogens is 509 g/mol. The zero-order valence-corrected chi connectivity index (χ0v) is 21.8. The Morgan fingerprint density at radius 1 is 1.03 bits per heavy atom. The van der Waals surface area contributed by atoms with E-state index in [0.29, 0.717) is 23.1 Å². The highest BCUT2D eigenvalue weighted by molar-refractivity contribution is 6.00. The van der Waals surface area contributed by atoms with Gasteiger partial charge in [0.25, 0.3) is 0 Å². The zero-order valence-electron chi connectivity index (χ0n) is 21.8. The Kier molecular flexibility index (Phi) is 6.53. The SMILES string of the molecule is Cc1c(F)c(F)cc(NC(=O)Nc2ccc(-c3cc(C(C)(C)C(=O)NC4CC4)nc4c3cnn4C)cc2)c1F. The van der Waals surface area contributed by atoms with Gasteiger partial charge in [-0.2, -0.15) is 5.10 Å². The van der Waals surface area contributed by atoms with Gasteiger partial charge in [-0.25, -0.2) is 22.9 Å². The number of carbonyl (C=O) groups is 2. The number of aryl methyl sites for hydroxylation is 1. The molecule has 0 unspecified atom stereocenters. The first-order valence-corrected chi connectivity index (χ1v) is 12.4. The number of pyridine rings is 1. The van der Waals surface area contributed by atoms with Gasteiger partial charge >= 0.3 is 6.03 Å². The third kappa shape index (κ3) is 5.04. The van der Waals surface area contributed by atoms with Crippen molar-refractivity contribution in [1.29, 1.82) is 0 Å². The number of halogens is 3. The van der Waals surface area contributed by atoms with Crippen molar-refractivity contribution in [3.8, 4) is 11.1 Å². The van der Waals surface area contributed by atoms with E-state index < -0.39 is 40.1 Å². The van der Waals surface area contributed by atoms with Gasteiger partial charge in [-0.05, 0) is 62.9 Å². The van der Waals surface area contributed by atoms with E-state index in [1.807, 2.05) is 19.9 Å². The number of anilines is 2. The number of rotatable bonds is 6. The van der Waals surface area contributed by atoms with Crippen LogP contribution in [0.3, 0.4) is 0 Å². The van der Waals surface area contributed by atoms with E-state index in [1.54, 1.807) is 42.2 Å². The molecule has 0 spiro atoms. The molecule has 4 aromatic rings. The smallest absolute Gasteiger partial charge is 0.323 e. The molecule has 39 heavy (non-hydrogen) atoms. The van der Waals surface area contributed by atoms with E-state index in [1.165, 1.54) is 0 Å². The minimum Gasteiger partial charge on any atom is -0.353 e. The maximum Gasteiger partial charge on any atom is 0.323 e. The topological polar surface area (TPSA) is 101 Å². The number of urea groups is 1. The fourth-order valence-corrected chi connectivity index (χ4v) is 4.22. The van der Waals surface area contributed by atoms with Crippen LogP contribution in [-0.4, -0.2) is 32.7 Å². The van der Waals surface area contributed by atoms with Crippen LogP contribution in [0.4, 0.5) is 29.3 Å². The number of benzene rings is 2. The molecule has 3 amide bonds. The minimum atomic E-state index is -1.30. The summed E-state index contributed by atoms with van der Waals surface area (Å²) in [6.07, 6.45) is 3.67. The first-order valence-electron chi connectivity index (χ1n) is 12.4. The fraction of sp³-hybridized carbons (Fsp3) is 0.286. The lowest BCUT2D eigenvalue weighted by molar-refractivity contribution is -0.125. The Bertz CT molecular complexity index is 1610. The third-order valence-corrected chi connectivity index (χ3v) is 6.90. The lowest BCUT2D eigenvalue weighted by Gasteiger charge is -2.24. The first-order chi connectivity index (χ1) is 18.5. The zero-order chi connectivity index (χ0) is 28.1. The van der Waals surface area contributed by atoms with Crippen molar-refractivity contribution in [3.05, 3.63) is 71.3 Å². The van der Waals surface area contributed by atoms with E-state index in [4.69, 9.17) is 4.98 Å². The quantitative estimate of drug-likeness (QED) is 0.281. The number of carbonyl (C=O) groups excluding carboxylic acids is 2. The normalized spacial score (nSPS) is 13.4. The lowest BCUT2D eigenvalue weighted by atomic mass is 9.85. The predicted octanol–water partition coefficient (Wildman–Crippen LogP) is 5.56. The molecule has 1 saturated carbocycles. The maximum absolute atomic E-state index is 14.3. The van der Waals surface area contributed by atoms with Gasteiger partial charge in [0, 0.05) is 35.8 Å². The number of hydrogen-bond donors (Lipinski definition) is 3. The molecule has 0 atom stereocenters. The fourth-order valence-electron chi connectivity index (χ4n) is 4.22. The number of aromatic nitrogens is 3. The second kappa shape index (κ2) is 9.72. The highest BCUT2D eigenvalue weighted by Crippen LogP contribution is 2.34. The summed E-state index contributed by atoms with van der Waals surface area (Å²) in [5.41, 5.74) is 1.32. The standard InChI is InChI=1S/C28H27F3N6O2/c1-14-23(30)20(29)12-21(24(14)31)35-27(39)34-17-7-5-15(6-8-17)18-11-22(36-25-19(18)13-32-37(25)4)28(2,3)26(38)33-16-9-10-16/h5-8,11-13,16H,9-10H2,1-4H3,(H,33,38)(H2,34,35,39). The van der Waals surface area contributed by atoms with Gasteiger partial charge in [-0.3, -0.25) is 9.48 Å². The van der Waals surface area contributed by atoms with Gasteiger partial charge in [-0.15, -0.1) is 0 Å². The van der Waals surface area contributed by atoms with Crippen molar-refractivity contribution in [1.82, 2.24) is 20.1 Å². The molecule has 2 aromatic carbocycles. The van der Waals surface area contributed by atoms with Crippen molar-refractivity contribution in [2.24, 2.45) is 7.05 Å². The van der Waals surface area contributed by atoms with Crippen molar-refractivity contribution in [2.45, 2.75) is 45.1 Å². The van der Waals surface area contributed by atoms with Crippen molar-refractivity contribution < 1.29 is 22.8 Å². The van der Waals surface area contributed by atoms with E-state index in [9.17, 15) is 22.8 Å². The van der Waals surface area contributed by atoms with E-state index in [0.717, 1.165) is 36.3 Å². The molecule has 3 N–H and O–H groups in total. The third-order valence-electron chi connectivity index (χ3n) is 6.90. The largest absolute Gasteiger partial charge is 0.353 e. The molecule has 1 aliphatic carbocycles. The maximum atomic E-state index is 14.3. The Balaban J connectivity index is 1.40. The van der Waals surface area contributed by atoms with Gasteiger partial charge in [0.2, 0.25) is 5.91 Å². The summed E-state index contributed by atoms with van der Waals surface area (Å²) >= 11 is 0. The van der Waals surface area contributed by atoms with Gasteiger partial charge in [0.05, 0.1) is 23.0 Å².